The third-order valence-corrected chi connectivity index (χ3v) is 6.30. The first-order chi connectivity index (χ1) is 9.90. The van der Waals surface area contributed by atoms with Crippen LogP contribution in [0.2, 0.25) is 0 Å². The summed E-state index contributed by atoms with van der Waals surface area (Å²) in [4.78, 5) is 0. The van der Waals surface area contributed by atoms with Gasteiger partial charge in [-0.3, -0.25) is 0 Å². The second-order valence-corrected chi connectivity index (χ2v) is 7.96. The van der Waals surface area contributed by atoms with Crippen molar-refractivity contribution in [2.45, 2.75) is 71.1 Å². The van der Waals surface area contributed by atoms with Crippen LogP contribution in [0.4, 0.5) is 0 Å². The van der Waals surface area contributed by atoms with Gasteiger partial charge in [-0.2, -0.15) is 5.26 Å². The molecule has 0 N–H and O–H groups in total. The van der Waals surface area contributed by atoms with Gasteiger partial charge in [0, 0.05) is 0 Å². The van der Waals surface area contributed by atoms with Crippen molar-refractivity contribution in [3.63, 3.8) is 0 Å². The summed E-state index contributed by atoms with van der Waals surface area (Å²) < 4.78 is 0. The predicted molar refractivity (Wildman–Crippen MR) is 87.3 cm³/mol. The molecule has 3 rings (SSSR count). The second kappa shape index (κ2) is 4.87. The molecule has 0 heterocycles. The van der Waals surface area contributed by atoms with Crippen molar-refractivity contribution in [3.05, 3.63) is 34.9 Å². The predicted octanol–water partition coefficient (Wildman–Crippen LogP) is 5.34. The van der Waals surface area contributed by atoms with Gasteiger partial charge in [-0.25, -0.2) is 0 Å². The minimum atomic E-state index is -0.137. The van der Waals surface area contributed by atoms with Crippen molar-refractivity contribution in [2.75, 3.05) is 0 Å². The van der Waals surface area contributed by atoms with E-state index in [1.807, 2.05) is 0 Å². The normalized spacial score (nSPS) is 35.0. The maximum atomic E-state index is 9.72. The number of nitrogens with zero attached hydrogens (tertiary/aromatic N) is 1. The first-order valence-electron chi connectivity index (χ1n) is 8.45. The third-order valence-electron chi connectivity index (χ3n) is 6.30. The second-order valence-electron chi connectivity index (χ2n) is 7.96. The minimum absolute atomic E-state index is 0.137. The molecule has 1 saturated carbocycles. The molecule has 3 atom stereocenters. The molecule has 1 fully saturated rings. The standard InChI is InChI=1S/C20H27N/c1-14(2)15-6-8-17-16(12-15)7-9-18-19(3,13-21)10-5-11-20(17,18)4/h6,8,12,14,18H,5,7,9-11H2,1-4H3/t18?,19-,20+/m0/s1. The third kappa shape index (κ3) is 2.11. The molecule has 2 aliphatic rings. The highest BCUT2D eigenvalue weighted by molar-refractivity contribution is 5.42. The zero-order valence-electron chi connectivity index (χ0n) is 13.9. The molecular weight excluding hydrogens is 254 g/mol. The van der Waals surface area contributed by atoms with Gasteiger partial charge in [-0.1, -0.05) is 45.4 Å². The number of hydrogen-bond donors (Lipinski definition) is 0. The highest BCUT2D eigenvalue weighted by atomic mass is 14.6. The summed E-state index contributed by atoms with van der Waals surface area (Å²) in [5.74, 6) is 1.11. The van der Waals surface area contributed by atoms with E-state index in [9.17, 15) is 5.26 Å². The molecule has 1 heteroatoms. The average Bonchev–Trinajstić information content (AvgIpc) is 2.46. The fraction of sp³-hybridized carbons (Fsp3) is 0.650. The van der Waals surface area contributed by atoms with Crippen LogP contribution >= 0.6 is 0 Å². The van der Waals surface area contributed by atoms with Crippen molar-refractivity contribution in [3.8, 4) is 6.07 Å². The minimum Gasteiger partial charge on any atom is -0.198 e. The van der Waals surface area contributed by atoms with Crippen LogP contribution < -0.4 is 0 Å². The molecule has 0 saturated heterocycles. The topological polar surface area (TPSA) is 23.8 Å². The molecule has 0 bridgehead atoms. The Morgan fingerprint density at radius 1 is 1.24 bits per heavy atom. The lowest BCUT2D eigenvalue weighted by Gasteiger charge is -2.53. The molecule has 1 aromatic carbocycles. The summed E-state index contributed by atoms with van der Waals surface area (Å²) in [5.41, 5.74) is 4.59. The molecule has 0 aromatic heterocycles. The quantitative estimate of drug-likeness (QED) is 0.681. The fourth-order valence-corrected chi connectivity index (χ4v) is 5.00. The highest BCUT2D eigenvalue weighted by Crippen LogP contribution is 2.57. The Labute approximate surface area is 129 Å². The molecule has 0 spiro atoms. The van der Waals surface area contributed by atoms with E-state index in [-0.39, 0.29) is 10.8 Å². The lowest BCUT2D eigenvalue weighted by atomic mass is 9.50. The van der Waals surface area contributed by atoms with Crippen LogP contribution in [0.3, 0.4) is 0 Å². The Hall–Kier alpha value is -1.29. The number of nitriles is 1. The first kappa shape index (κ1) is 14.6. The fourth-order valence-electron chi connectivity index (χ4n) is 5.00. The molecule has 1 nitrogen and oxygen atoms in total. The summed E-state index contributed by atoms with van der Waals surface area (Å²) >= 11 is 0. The van der Waals surface area contributed by atoms with Crippen LogP contribution in [-0.2, 0) is 11.8 Å². The summed E-state index contributed by atoms with van der Waals surface area (Å²) in [7, 11) is 0. The average molecular weight is 281 g/mol. The largest absolute Gasteiger partial charge is 0.198 e. The number of hydrogen-bond acceptors (Lipinski definition) is 1. The van der Waals surface area contributed by atoms with E-state index >= 15 is 0 Å². The highest BCUT2D eigenvalue weighted by Gasteiger charge is 2.51. The van der Waals surface area contributed by atoms with Gasteiger partial charge in [0.25, 0.3) is 0 Å². The van der Waals surface area contributed by atoms with Crippen LogP contribution in [0.15, 0.2) is 18.2 Å². The van der Waals surface area contributed by atoms with E-state index in [2.05, 4.69) is 52.0 Å². The molecule has 0 radical (unpaired) electrons. The van der Waals surface area contributed by atoms with Gasteiger partial charge in [0.2, 0.25) is 0 Å². The number of rotatable bonds is 1. The van der Waals surface area contributed by atoms with E-state index in [1.165, 1.54) is 30.4 Å². The first-order valence-corrected chi connectivity index (χ1v) is 8.45. The van der Waals surface area contributed by atoms with Gasteiger partial charge in [0.05, 0.1) is 11.5 Å². The van der Waals surface area contributed by atoms with Gasteiger partial charge in [0.1, 0.15) is 0 Å². The monoisotopic (exact) mass is 281 g/mol. The van der Waals surface area contributed by atoms with Crippen LogP contribution in [-0.4, -0.2) is 0 Å². The summed E-state index contributed by atoms with van der Waals surface area (Å²) in [5, 5.41) is 9.72. The van der Waals surface area contributed by atoms with Crippen molar-refractivity contribution < 1.29 is 0 Å². The number of benzene rings is 1. The van der Waals surface area contributed by atoms with Gasteiger partial charge in [0.15, 0.2) is 0 Å². The van der Waals surface area contributed by atoms with Crippen molar-refractivity contribution >= 4 is 0 Å². The van der Waals surface area contributed by atoms with E-state index in [0.717, 1.165) is 12.8 Å². The molecule has 21 heavy (non-hydrogen) atoms. The van der Waals surface area contributed by atoms with E-state index in [0.29, 0.717) is 11.8 Å². The number of fused-ring (bicyclic) bond motifs is 3. The lowest BCUT2D eigenvalue weighted by Crippen LogP contribution is -2.48. The van der Waals surface area contributed by atoms with Crippen molar-refractivity contribution in [1.82, 2.24) is 0 Å². The summed E-state index contributed by atoms with van der Waals surface area (Å²) in [6.07, 6.45) is 5.82. The summed E-state index contributed by atoms with van der Waals surface area (Å²) in [6, 6.07) is 9.79. The molecule has 1 aromatic rings. The van der Waals surface area contributed by atoms with E-state index in [4.69, 9.17) is 0 Å². The zero-order valence-corrected chi connectivity index (χ0v) is 13.9. The van der Waals surface area contributed by atoms with Crippen LogP contribution in [0.5, 0.6) is 0 Å². The maximum absolute atomic E-state index is 9.72. The Kier molecular flexibility index (Phi) is 3.40. The van der Waals surface area contributed by atoms with Gasteiger partial charge >= 0.3 is 0 Å². The Balaban J connectivity index is 2.08. The maximum Gasteiger partial charge on any atom is 0.0690 e. The van der Waals surface area contributed by atoms with Crippen LogP contribution in [0.25, 0.3) is 0 Å². The molecule has 1 unspecified atom stereocenters. The Morgan fingerprint density at radius 2 is 2.00 bits per heavy atom. The summed E-state index contributed by atoms with van der Waals surface area (Å²) in [6.45, 7) is 9.15. The van der Waals surface area contributed by atoms with Crippen LogP contribution in [0.1, 0.15) is 76.0 Å². The smallest absolute Gasteiger partial charge is 0.0690 e. The molecule has 0 amide bonds. The molecular formula is C20H27N. The van der Waals surface area contributed by atoms with Gasteiger partial charge in [-0.15, -0.1) is 0 Å². The van der Waals surface area contributed by atoms with Crippen LogP contribution in [0, 0.1) is 22.7 Å². The van der Waals surface area contributed by atoms with Crippen molar-refractivity contribution in [1.29, 1.82) is 5.26 Å². The molecule has 0 aliphatic heterocycles. The SMILES string of the molecule is CC(C)c1ccc2c(c1)CCC1[C@](C)(C#N)CCC[C@]21C. The number of aryl methyl sites for hydroxylation is 1. The Morgan fingerprint density at radius 3 is 2.67 bits per heavy atom. The van der Waals surface area contributed by atoms with Crippen molar-refractivity contribution in [2.24, 2.45) is 11.3 Å². The zero-order chi connectivity index (χ0) is 15.3. The Bertz CT molecular complexity index is 594. The van der Waals surface area contributed by atoms with Gasteiger partial charge in [-0.05, 0) is 66.5 Å². The molecule has 112 valence electrons. The van der Waals surface area contributed by atoms with E-state index < -0.39 is 0 Å². The lowest BCUT2D eigenvalue weighted by molar-refractivity contribution is 0.0688. The molecule has 2 aliphatic carbocycles. The van der Waals surface area contributed by atoms with E-state index in [1.54, 1.807) is 5.56 Å². The van der Waals surface area contributed by atoms with Gasteiger partial charge < -0.3 is 0 Å².